The summed E-state index contributed by atoms with van der Waals surface area (Å²) < 4.78 is 0. The molecular formula is C15H29NO. The van der Waals surface area contributed by atoms with Crippen molar-refractivity contribution in [3.05, 3.63) is 0 Å². The number of hydrogen-bond acceptors (Lipinski definition) is 2. The largest absolute Gasteiger partial charge is 0.303 e. The van der Waals surface area contributed by atoms with Crippen LogP contribution in [0.15, 0.2) is 0 Å². The fraction of sp³-hybridized carbons (Fsp3) is 0.933. The van der Waals surface area contributed by atoms with E-state index in [-0.39, 0.29) is 0 Å². The second-order valence-corrected chi connectivity index (χ2v) is 5.42. The number of nitrogens with zero attached hydrogens (tertiary/aromatic N) is 1. The Morgan fingerprint density at radius 3 is 2.29 bits per heavy atom. The molecule has 0 bridgehead atoms. The van der Waals surface area contributed by atoms with Gasteiger partial charge in [-0.15, -0.1) is 0 Å². The maximum absolute atomic E-state index is 11.9. The molecule has 1 rings (SSSR count). The third kappa shape index (κ3) is 5.67. The van der Waals surface area contributed by atoms with E-state index in [1.807, 2.05) is 0 Å². The van der Waals surface area contributed by atoms with Crippen molar-refractivity contribution in [2.75, 3.05) is 19.6 Å². The van der Waals surface area contributed by atoms with Gasteiger partial charge in [0.05, 0.1) is 0 Å². The molecule has 0 heterocycles. The van der Waals surface area contributed by atoms with Gasteiger partial charge in [-0.1, -0.05) is 33.1 Å². The summed E-state index contributed by atoms with van der Waals surface area (Å²) in [6.07, 6.45) is 9.39. The molecule has 1 aliphatic carbocycles. The molecule has 100 valence electrons. The van der Waals surface area contributed by atoms with Crippen LogP contribution in [0.4, 0.5) is 0 Å². The van der Waals surface area contributed by atoms with Crippen LogP contribution >= 0.6 is 0 Å². The zero-order valence-corrected chi connectivity index (χ0v) is 11.7. The SMILES string of the molecule is CCCCN(CCCC)CC1CCCCC1=O. The van der Waals surface area contributed by atoms with Gasteiger partial charge in [0.15, 0.2) is 0 Å². The number of carbonyl (C=O) groups excluding carboxylic acids is 1. The molecule has 2 heteroatoms. The van der Waals surface area contributed by atoms with Gasteiger partial charge in [0.1, 0.15) is 5.78 Å². The maximum atomic E-state index is 11.9. The van der Waals surface area contributed by atoms with Crippen molar-refractivity contribution in [2.45, 2.75) is 65.2 Å². The van der Waals surface area contributed by atoms with Crippen LogP contribution in [0.3, 0.4) is 0 Å². The molecule has 0 radical (unpaired) electrons. The van der Waals surface area contributed by atoms with Gasteiger partial charge in [-0.2, -0.15) is 0 Å². The molecule has 0 aromatic heterocycles. The molecule has 1 atom stereocenters. The first-order valence-electron chi connectivity index (χ1n) is 7.53. The average Bonchev–Trinajstić information content (AvgIpc) is 2.35. The van der Waals surface area contributed by atoms with Gasteiger partial charge in [-0.05, 0) is 38.8 Å². The monoisotopic (exact) mass is 239 g/mol. The van der Waals surface area contributed by atoms with Gasteiger partial charge < -0.3 is 4.90 Å². The van der Waals surface area contributed by atoms with Crippen LogP contribution in [-0.2, 0) is 4.79 Å². The highest BCUT2D eigenvalue weighted by molar-refractivity contribution is 5.81. The lowest BCUT2D eigenvalue weighted by molar-refractivity contribution is -0.125. The summed E-state index contributed by atoms with van der Waals surface area (Å²) in [5.41, 5.74) is 0. The molecule has 0 N–H and O–H groups in total. The van der Waals surface area contributed by atoms with E-state index < -0.39 is 0 Å². The van der Waals surface area contributed by atoms with E-state index in [2.05, 4.69) is 18.7 Å². The molecule has 1 unspecified atom stereocenters. The molecule has 0 saturated heterocycles. The Labute approximate surface area is 107 Å². The van der Waals surface area contributed by atoms with Crippen LogP contribution in [0.25, 0.3) is 0 Å². The lowest BCUT2D eigenvalue weighted by atomic mass is 9.87. The van der Waals surface area contributed by atoms with E-state index in [9.17, 15) is 4.79 Å². The minimum absolute atomic E-state index is 0.345. The molecule has 0 aliphatic heterocycles. The van der Waals surface area contributed by atoms with Crippen molar-refractivity contribution >= 4 is 5.78 Å². The summed E-state index contributed by atoms with van der Waals surface area (Å²) in [5, 5.41) is 0. The van der Waals surface area contributed by atoms with Crippen molar-refractivity contribution < 1.29 is 4.79 Å². The Kier molecular flexibility index (Phi) is 7.50. The van der Waals surface area contributed by atoms with Gasteiger partial charge in [-0.3, -0.25) is 4.79 Å². The Hall–Kier alpha value is -0.370. The second kappa shape index (κ2) is 8.68. The zero-order chi connectivity index (χ0) is 12.5. The molecule has 2 nitrogen and oxygen atoms in total. The summed E-state index contributed by atoms with van der Waals surface area (Å²) in [6, 6.07) is 0. The van der Waals surface area contributed by atoms with Crippen molar-refractivity contribution in [2.24, 2.45) is 5.92 Å². The van der Waals surface area contributed by atoms with Crippen LogP contribution in [0.1, 0.15) is 65.2 Å². The van der Waals surface area contributed by atoms with E-state index in [0.717, 1.165) is 25.8 Å². The predicted molar refractivity (Wildman–Crippen MR) is 73.2 cm³/mol. The highest BCUT2D eigenvalue weighted by Crippen LogP contribution is 2.21. The Bertz CT molecular complexity index is 207. The van der Waals surface area contributed by atoms with Crippen LogP contribution in [0.2, 0.25) is 0 Å². The maximum Gasteiger partial charge on any atom is 0.137 e. The number of rotatable bonds is 8. The summed E-state index contributed by atoms with van der Waals surface area (Å²) in [5.74, 6) is 0.867. The Morgan fingerprint density at radius 1 is 1.12 bits per heavy atom. The molecule has 0 amide bonds. The fourth-order valence-electron chi connectivity index (χ4n) is 2.62. The molecule has 1 fully saturated rings. The summed E-state index contributed by atoms with van der Waals surface area (Å²) in [6.45, 7) is 7.87. The lowest BCUT2D eigenvalue weighted by Crippen LogP contribution is -2.36. The lowest BCUT2D eigenvalue weighted by Gasteiger charge is -2.28. The third-order valence-corrected chi connectivity index (χ3v) is 3.82. The van der Waals surface area contributed by atoms with Crippen molar-refractivity contribution in [1.82, 2.24) is 4.90 Å². The summed E-state index contributed by atoms with van der Waals surface area (Å²) in [4.78, 5) is 14.4. The highest BCUT2D eigenvalue weighted by Gasteiger charge is 2.23. The van der Waals surface area contributed by atoms with Crippen LogP contribution in [0.5, 0.6) is 0 Å². The molecule has 0 aromatic rings. The molecule has 17 heavy (non-hydrogen) atoms. The topological polar surface area (TPSA) is 20.3 Å². The predicted octanol–water partition coefficient (Wildman–Crippen LogP) is 3.65. The van der Waals surface area contributed by atoms with E-state index >= 15 is 0 Å². The number of hydrogen-bond donors (Lipinski definition) is 0. The van der Waals surface area contributed by atoms with Crippen LogP contribution in [-0.4, -0.2) is 30.3 Å². The van der Waals surface area contributed by atoms with Gasteiger partial charge in [-0.25, -0.2) is 0 Å². The highest BCUT2D eigenvalue weighted by atomic mass is 16.1. The average molecular weight is 239 g/mol. The van der Waals surface area contributed by atoms with E-state index in [0.29, 0.717) is 11.7 Å². The molecule has 1 saturated carbocycles. The second-order valence-electron chi connectivity index (χ2n) is 5.42. The van der Waals surface area contributed by atoms with Gasteiger partial charge >= 0.3 is 0 Å². The summed E-state index contributed by atoms with van der Waals surface area (Å²) >= 11 is 0. The normalized spacial score (nSPS) is 21.1. The smallest absolute Gasteiger partial charge is 0.137 e. The molecule has 0 aromatic carbocycles. The van der Waals surface area contributed by atoms with Crippen molar-refractivity contribution in [1.29, 1.82) is 0 Å². The fourth-order valence-corrected chi connectivity index (χ4v) is 2.62. The van der Waals surface area contributed by atoms with Gasteiger partial charge in [0.2, 0.25) is 0 Å². The van der Waals surface area contributed by atoms with Crippen LogP contribution < -0.4 is 0 Å². The Balaban J connectivity index is 2.36. The third-order valence-electron chi connectivity index (χ3n) is 3.82. The number of carbonyl (C=O) groups is 1. The minimum atomic E-state index is 0.345. The first-order chi connectivity index (χ1) is 8.27. The minimum Gasteiger partial charge on any atom is -0.303 e. The van der Waals surface area contributed by atoms with Crippen molar-refractivity contribution in [3.63, 3.8) is 0 Å². The number of unbranched alkanes of at least 4 members (excludes halogenated alkanes) is 2. The van der Waals surface area contributed by atoms with Crippen molar-refractivity contribution in [3.8, 4) is 0 Å². The van der Waals surface area contributed by atoms with E-state index in [1.54, 1.807) is 0 Å². The molecule has 1 aliphatic rings. The molecule has 0 spiro atoms. The first kappa shape index (κ1) is 14.7. The number of ketones is 1. The van der Waals surface area contributed by atoms with E-state index in [4.69, 9.17) is 0 Å². The Morgan fingerprint density at radius 2 is 1.76 bits per heavy atom. The number of Topliss-reactive ketones (excluding diaryl/α,β-unsaturated/α-hetero) is 1. The van der Waals surface area contributed by atoms with Crippen LogP contribution in [0, 0.1) is 5.92 Å². The van der Waals surface area contributed by atoms with Gasteiger partial charge in [0.25, 0.3) is 0 Å². The zero-order valence-electron chi connectivity index (χ0n) is 11.7. The van der Waals surface area contributed by atoms with E-state index in [1.165, 1.54) is 45.2 Å². The summed E-state index contributed by atoms with van der Waals surface area (Å²) in [7, 11) is 0. The quantitative estimate of drug-likeness (QED) is 0.644. The van der Waals surface area contributed by atoms with Gasteiger partial charge in [0, 0.05) is 18.9 Å². The molecular weight excluding hydrogens is 210 g/mol. The standard InChI is InChI=1S/C15H29NO/c1-3-5-11-16(12-6-4-2)13-14-9-7-8-10-15(14)17/h14H,3-13H2,1-2H3. The first-order valence-corrected chi connectivity index (χ1v) is 7.53.